The van der Waals surface area contributed by atoms with Crippen molar-refractivity contribution in [2.24, 2.45) is 11.3 Å². The zero-order valence-electron chi connectivity index (χ0n) is 8.73. The molecule has 8 nitrogen and oxygen atoms in total. The first-order chi connectivity index (χ1) is 7.62. The average molecular weight is 248 g/mol. The van der Waals surface area contributed by atoms with Gasteiger partial charge in [-0.05, 0) is 6.92 Å². The molecule has 0 aliphatic carbocycles. The van der Waals surface area contributed by atoms with Crippen LogP contribution in [-0.4, -0.2) is 55.2 Å². The van der Waals surface area contributed by atoms with Crippen LogP contribution in [0.15, 0.2) is 0 Å². The van der Waals surface area contributed by atoms with Crippen LogP contribution in [0.4, 0.5) is 0 Å². The number of hydrogen-bond donors (Lipinski definition) is 6. The first-order valence-electron chi connectivity index (χ1n) is 4.34. The minimum atomic E-state index is -2.35. The van der Waals surface area contributed by atoms with Crippen LogP contribution >= 0.6 is 0 Å². The van der Waals surface area contributed by atoms with Crippen LogP contribution in [0.3, 0.4) is 0 Å². The van der Waals surface area contributed by atoms with E-state index in [-0.39, 0.29) is 0 Å². The van der Waals surface area contributed by atoms with E-state index in [2.05, 4.69) is 0 Å². The summed E-state index contributed by atoms with van der Waals surface area (Å²) < 4.78 is 0. The lowest BCUT2D eigenvalue weighted by Crippen LogP contribution is -2.39. The Kier molecular flexibility index (Phi) is 5.06. The van der Waals surface area contributed by atoms with Gasteiger partial charge in [-0.1, -0.05) is 11.8 Å². The van der Waals surface area contributed by atoms with Gasteiger partial charge in [0.25, 0.3) is 0 Å². The van der Waals surface area contributed by atoms with Crippen molar-refractivity contribution < 1.29 is 40.2 Å². The maximum Gasteiger partial charge on any atom is 0.326 e. The number of aliphatic carboxylic acids is 2. The summed E-state index contributed by atoms with van der Waals surface area (Å²) in [7, 11) is 0. The van der Waals surface area contributed by atoms with Crippen molar-refractivity contribution in [1.82, 2.24) is 0 Å². The third-order valence-corrected chi connectivity index (χ3v) is 2.01. The molecule has 96 valence electrons. The molecule has 17 heavy (non-hydrogen) atoms. The Balaban J connectivity index is 5.27. The van der Waals surface area contributed by atoms with Crippen molar-refractivity contribution >= 4 is 11.9 Å². The molecule has 0 fully saturated rings. The highest BCUT2D eigenvalue weighted by Gasteiger charge is 2.39. The van der Waals surface area contributed by atoms with Gasteiger partial charge in [-0.25, -0.2) is 0 Å². The zero-order chi connectivity index (χ0) is 13.8. The fourth-order valence-electron chi connectivity index (χ4n) is 0.720. The molecule has 0 aromatic heterocycles. The van der Waals surface area contributed by atoms with Gasteiger partial charge in [-0.15, -0.1) is 0 Å². The lowest BCUT2D eigenvalue weighted by atomic mass is 9.90. The van der Waals surface area contributed by atoms with E-state index in [0.717, 1.165) is 6.92 Å². The molecule has 2 unspecified atom stereocenters. The molecule has 0 heterocycles. The molecule has 0 aromatic rings. The summed E-state index contributed by atoms with van der Waals surface area (Å²) in [6, 6.07) is 0. The predicted octanol–water partition coefficient (Wildman–Crippen LogP) is -2.60. The number of carbonyl (C=O) groups is 2. The van der Waals surface area contributed by atoms with Gasteiger partial charge in [0.2, 0.25) is 0 Å². The van der Waals surface area contributed by atoms with Crippen molar-refractivity contribution in [3.05, 3.63) is 0 Å². The van der Waals surface area contributed by atoms with Crippen LogP contribution < -0.4 is 0 Å². The van der Waals surface area contributed by atoms with Gasteiger partial charge in [0, 0.05) is 0 Å². The molecule has 0 bridgehead atoms. The lowest BCUT2D eigenvalue weighted by molar-refractivity contribution is -0.167. The number of aliphatic hydroxyl groups excluding tert-OH is 2. The third kappa shape index (κ3) is 3.69. The molecule has 0 rings (SSSR count). The van der Waals surface area contributed by atoms with Crippen LogP contribution in [0.1, 0.15) is 6.92 Å². The van der Waals surface area contributed by atoms with Crippen molar-refractivity contribution in [3.8, 4) is 11.8 Å². The second kappa shape index (κ2) is 5.60. The number of aliphatic hydroxyl groups is 4. The minimum Gasteiger partial charge on any atom is -0.480 e. The molecule has 0 saturated heterocycles. The number of carboxylic acid groups (broad SMARTS) is 2. The highest BCUT2D eigenvalue weighted by molar-refractivity contribution is 5.80. The molecule has 0 amide bonds. The van der Waals surface area contributed by atoms with Gasteiger partial charge >= 0.3 is 11.9 Å². The number of carboxylic acids is 2. The number of hydrogen-bond acceptors (Lipinski definition) is 6. The van der Waals surface area contributed by atoms with Gasteiger partial charge in [-0.3, -0.25) is 9.59 Å². The van der Waals surface area contributed by atoms with Crippen molar-refractivity contribution in [2.45, 2.75) is 19.5 Å². The van der Waals surface area contributed by atoms with E-state index in [4.69, 9.17) is 30.6 Å². The van der Waals surface area contributed by atoms with E-state index in [1.54, 1.807) is 5.92 Å². The van der Waals surface area contributed by atoms with E-state index in [9.17, 15) is 9.59 Å². The van der Waals surface area contributed by atoms with E-state index < -0.39 is 35.9 Å². The Morgan fingerprint density at radius 2 is 1.59 bits per heavy atom. The summed E-state index contributed by atoms with van der Waals surface area (Å²) in [6.07, 6.45) is -4.66. The Morgan fingerprint density at radius 1 is 1.12 bits per heavy atom. The normalized spacial score (nSPS) is 15.9. The molecule has 0 aromatic carbocycles. The highest BCUT2D eigenvalue weighted by Crippen LogP contribution is 2.19. The fraction of sp³-hybridized carbons (Fsp3) is 0.556. The maximum absolute atomic E-state index is 10.7. The Hall–Kier alpha value is -1.66. The summed E-state index contributed by atoms with van der Waals surface area (Å²) in [4.78, 5) is 21.2. The molecule has 0 aliphatic rings. The Labute approximate surface area is 95.7 Å². The molecule has 8 heteroatoms. The standard InChI is InChI=1S/C9H12O8/c1-9(7(14)15,8(16)17)3-2-4(5(10)11)6(12)13/h4-5,7,10-11,14-15H,1H3,(H,12,13)(H,16,17). The van der Waals surface area contributed by atoms with E-state index in [1.807, 2.05) is 5.92 Å². The second-order valence-electron chi connectivity index (χ2n) is 3.38. The first-order valence-corrected chi connectivity index (χ1v) is 4.34. The van der Waals surface area contributed by atoms with Crippen LogP contribution in [0.2, 0.25) is 0 Å². The molecule has 0 spiro atoms. The summed E-state index contributed by atoms with van der Waals surface area (Å²) in [5.41, 5.74) is -2.32. The zero-order valence-corrected chi connectivity index (χ0v) is 8.73. The summed E-state index contributed by atoms with van der Waals surface area (Å²) in [6.45, 7) is 0.857. The average Bonchev–Trinajstić information content (AvgIpc) is 2.15. The first kappa shape index (κ1) is 15.3. The van der Waals surface area contributed by atoms with Crippen molar-refractivity contribution in [3.63, 3.8) is 0 Å². The topological polar surface area (TPSA) is 156 Å². The van der Waals surface area contributed by atoms with E-state index in [0.29, 0.717) is 0 Å². The number of rotatable bonds is 4. The third-order valence-electron chi connectivity index (χ3n) is 2.01. The van der Waals surface area contributed by atoms with Gasteiger partial charge in [0.15, 0.2) is 23.9 Å². The lowest BCUT2D eigenvalue weighted by Gasteiger charge is -2.20. The maximum atomic E-state index is 10.7. The summed E-state index contributed by atoms with van der Waals surface area (Å²) in [5.74, 6) is -1.72. The highest BCUT2D eigenvalue weighted by atomic mass is 16.5. The van der Waals surface area contributed by atoms with Crippen LogP contribution in [0.5, 0.6) is 0 Å². The van der Waals surface area contributed by atoms with Crippen LogP contribution in [0.25, 0.3) is 0 Å². The van der Waals surface area contributed by atoms with Gasteiger partial charge < -0.3 is 30.6 Å². The largest absolute Gasteiger partial charge is 0.480 e. The van der Waals surface area contributed by atoms with Crippen molar-refractivity contribution in [2.75, 3.05) is 0 Å². The SMILES string of the molecule is CC(C#CC(C(=O)O)C(O)O)(C(=O)O)C(O)O. The van der Waals surface area contributed by atoms with Crippen LogP contribution in [-0.2, 0) is 9.59 Å². The Bertz CT molecular complexity index is 363. The Morgan fingerprint density at radius 3 is 1.82 bits per heavy atom. The van der Waals surface area contributed by atoms with Gasteiger partial charge in [-0.2, -0.15) is 0 Å². The quantitative estimate of drug-likeness (QED) is 0.234. The van der Waals surface area contributed by atoms with Crippen molar-refractivity contribution in [1.29, 1.82) is 0 Å². The van der Waals surface area contributed by atoms with Gasteiger partial charge in [0.1, 0.15) is 0 Å². The predicted molar refractivity (Wildman–Crippen MR) is 51.1 cm³/mol. The molecule has 0 saturated carbocycles. The molecule has 2 atom stereocenters. The summed E-state index contributed by atoms with van der Waals surface area (Å²) >= 11 is 0. The molecular formula is C9H12O8. The fourth-order valence-corrected chi connectivity index (χ4v) is 0.720. The minimum absolute atomic E-state index is 0.857. The van der Waals surface area contributed by atoms with Gasteiger partial charge in [0.05, 0.1) is 0 Å². The van der Waals surface area contributed by atoms with E-state index in [1.165, 1.54) is 0 Å². The van der Waals surface area contributed by atoms with E-state index >= 15 is 0 Å². The summed E-state index contributed by atoms with van der Waals surface area (Å²) in [5, 5.41) is 52.2. The second-order valence-corrected chi connectivity index (χ2v) is 3.38. The molecule has 0 aliphatic heterocycles. The van der Waals surface area contributed by atoms with Crippen LogP contribution in [0, 0.1) is 23.2 Å². The monoisotopic (exact) mass is 248 g/mol. The molecule has 6 N–H and O–H groups in total. The smallest absolute Gasteiger partial charge is 0.326 e. The molecule has 0 radical (unpaired) electrons. The molecular weight excluding hydrogens is 236 g/mol.